The lowest BCUT2D eigenvalue weighted by Gasteiger charge is -2.00. The van der Waals surface area contributed by atoms with E-state index in [2.05, 4.69) is 0 Å². The van der Waals surface area contributed by atoms with Crippen LogP contribution in [0.1, 0.15) is 12.5 Å². The predicted octanol–water partition coefficient (Wildman–Crippen LogP) is 2.33. The molecule has 0 saturated heterocycles. The van der Waals surface area contributed by atoms with E-state index < -0.39 is 4.92 Å². The molecule has 0 amide bonds. The summed E-state index contributed by atoms with van der Waals surface area (Å²) in [5.74, 6) is 0.688. The van der Waals surface area contributed by atoms with Crippen molar-refractivity contribution < 1.29 is 9.66 Å². The van der Waals surface area contributed by atoms with Gasteiger partial charge in [-0.2, -0.15) is 0 Å². The molecule has 1 rings (SSSR count). The monoisotopic (exact) mass is 193 g/mol. The average Bonchev–Trinajstić information content (AvgIpc) is 2.19. The van der Waals surface area contributed by atoms with E-state index in [9.17, 15) is 10.1 Å². The SMILES string of the molecule is CC=C(c1ccc(OC)cc1)[N+](=O)[O-]. The van der Waals surface area contributed by atoms with E-state index in [-0.39, 0.29) is 5.70 Å². The molecule has 0 heterocycles. The van der Waals surface area contributed by atoms with E-state index in [0.29, 0.717) is 11.3 Å². The van der Waals surface area contributed by atoms with Crippen LogP contribution in [0.5, 0.6) is 5.75 Å². The lowest BCUT2D eigenvalue weighted by Crippen LogP contribution is -1.97. The van der Waals surface area contributed by atoms with E-state index in [1.54, 1.807) is 38.3 Å². The highest BCUT2D eigenvalue weighted by Crippen LogP contribution is 2.18. The van der Waals surface area contributed by atoms with Gasteiger partial charge < -0.3 is 4.74 Å². The first-order valence-electron chi connectivity index (χ1n) is 4.14. The Morgan fingerprint density at radius 1 is 1.43 bits per heavy atom. The van der Waals surface area contributed by atoms with Gasteiger partial charge in [-0.3, -0.25) is 10.1 Å². The minimum atomic E-state index is -0.401. The number of hydrogen-bond donors (Lipinski definition) is 0. The van der Waals surface area contributed by atoms with E-state index in [4.69, 9.17) is 4.74 Å². The fourth-order valence-corrected chi connectivity index (χ4v) is 1.14. The molecule has 1 aromatic rings. The third kappa shape index (κ3) is 2.10. The molecular weight excluding hydrogens is 182 g/mol. The number of benzene rings is 1. The van der Waals surface area contributed by atoms with Gasteiger partial charge >= 0.3 is 0 Å². The molecule has 4 nitrogen and oxygen atoms in total. The molecule has 1 aromatic carbocycles. The number of nitro groups is 1. The summed E-state index contributed by atoms with van der Waals surface area (Å²) in [6.45, 7) is 1.64. The molecule has 0 N–H and O–H groups in total. The number of methoxy groups -OCH3 is 1. The number of hydrogen-bond acceptors (Lipinski definition) is 3. The fourth-order valence-electron chi connectivity index (χ4n) is 1.14. The first-order chi connectivity index (χ1) is 6.69. The second-order valence-electron chi connectivity index (χ2n) is 2.66. The Morgan fingerprint density at radius 2 is 2.00 bits per heavy atom. The van der Waals surface area contributed by atoms with Gasteiger partial charge in [0.1, 0.15) is 5.75 Å². The molecule has 0 bridgehead atoms. The Bertz CT molecular complexity index is 354. The summed E-state index contributed by atoms with van der Waals surface area (Å²) >= 11 is 0. The van der Waals surface area contributed by atoms with Gasteiger partial charge in [0.05, 0.1) is 17.6 Å². The maximum absolute atomic E-state index is 10.6. The van der Waals surface area contributed by atoms with Crippen molar-refractivity contribution in [3.63, 3.8) is 0 Å². The maximum Gasteiger partial charge on any atom is 0.272 e. The first-order valence-corrected chi connectivity index (χ1v) is 4.14. The third-order valence-electron chi connectivity index (χ3n) is 1.86. The van der Waals surface area contributed by atoms with Crippen LogP contribution in [0.25, 0.3) is 5.70 Å². The highest BCUT2D eigenvalue weighted by atomic mass is 16.6. The molecule has 0 atom stereocenters. The van der Waals surface area contributed by atoms with E-state index in [1.165, 1.54) is 6.08 Å². The van der Waals surface area contributed by atoms with Gasteiger partial charge in [-0.15, -0.1) is 0 Å². The Labute approximate surface area is 82.0 Å². The van der Waals surface area contributed by atoms with Crippen LogP contribution in [-0.2, 0) is 0 Å². The lowest BCUT2D eigenvalue weighted by atomic mass is 10.1. The van der Waals surface area contributed by atoms with Crippen molar-refractivity contribution in [3.8, 4) is 5.75 Å². The molecule has 0 radical (unpaired) electrons. The van der Waals surface area contributed by atoms with Crippen molar-refractivity contribution in [2.24, 2.45) is 0 Å². The van der Waals surface area contributed by atoms with Gasteiger partial charge in [0.15, 0.2) is 0 Å². The molecule has 14 heavy (non-hydrogen) atoms. The summed E-state index contributed by atoms with van der Waals surface area (Å²) in [6, 6.07) is 6.72. The molecule has 0 unspecified atom stereocenters. The van der Waals surface area contributed by atoms with Crippen molar-refractivity contribution >= 4 is 5.70 Å². The molecular formula is C10H11NO3. The minimum absolute atomic E-state index is 0.104. The van der Waals surface area contributed by atoms with Crippen molar-refractivity contribution in [1.82, 2.24) is 0 Å². The van der Waals surface area contributed by atoms with Crippen molar-refractivity contribution in [2.75, 3.05) is 7.11 Å². The maximum atomic E-state index is 10.6. The standard InChI is InChI=1S/C10H11NO3/c1-3-10(11(12)13)8-4-6-9(14-2)7-5-8/h3-7H,1-2H3. The van der Waals surface area contributed by atoms with Crippen LogP contribution in [0.2, 0.25) is 0 Å². The summed E-state index contributed by atoms with van der Waals surface area (Å²) in [6.07, 6.45) is 1.47. The third-order valence-corrected chi connectivity index (χ3v) is 1.86. The molecule has 0 aliphatic rings. The topological polar surface area (TPSA) is 52.4 Å². The zero-order valence-electron chi connectivity index (χ0n) is 8.06. The summed E-state index contributed by atoms with van der Waals surface area (Å²) in [7, 11) is 1.55. The van der Waals surface area contributed by atoms with Crippen LogP contribution < -0.4 is 4.74 Å². The van der Waals surface area contributed by atoms with Gasteiger partial charge in [0.2, 0.25) is 0 Å². The highest BCUT2D eigenvalue weighted by molar-refractivity contribution is 5.58. The Balaban J connectivity index is 3.02. The fraction of sp³-hybridized carbons (Fsp3) is 0.200. The van der Waals surface area contributed by atoms with Crippen molar-refractivity contribution in [3.05, 3.63) is 46.0 Å². The van der Waals surface area contributed by atoms with E-state index >= 15 is 0 Å². The van der Waals surface area contributed by atoms with Crippen LogP contribution in [0, 0.1) is 10.1 Å². The van der Waals surface area contributed by atoms with Crippen molar-refractivity contribution in [1.29, 1.82) is 0 Å². The molecule has 4 heteroatoms. The highest BCUT2D eigenvalue weighted by Gasteiger charge is 2.11. The van der Waals surface area contributed by atoms with Gasteiger partial charge in [0, 0.05) is 0 Å². The number of allylic oxidation sites excluding steroid dienone is 1. The smallest absolute Gasteiger partial charge is 0.272 e. The van der Waals surface area contributed by atoms with Crippen LogP contribution in [-0.4, -0.2) is 12.0 Å². The summed E-state index contributed by atoms with van der Waals surface area (Å²) in [4.78, 5) is 10.2. The second kappa shape index (κ2) is 4.41. The summed E-state index contributed by atoms with van der Waals surface area (Å²) in [5.41, 5.74) is 0.686. The van der Waals surface area contributed by atoms with Crippen LogP contribution in [0.15, 0.2) is 30.3 Å². The Hall–Kier alpha value is -1.84. The summed E-state index contributed by atoms with van der Waals surface area (Å²) < 4.78 is 4.95. The molecule has 0 aromatic heterocycles. The number of nitrogens with zero attached hydrogens (tertiary/aromatic N) is 1. The molecule has 0 aliphatic heterocycles. The summed E-state index contributed by atoms with van der Waals surface area (Å²) in [5, 5.41) is 10.6. The lowest BCUT2D eigenvalue weighted by molar-refractivity contribution is -0.375. The van der Waals surface area contributed by atoms with E-state index in [0.717, 1.165) is 0 Å². The minimum Gasteiger partial charge on any atom is -0.497 e. The van der Waals surface area contributed by atoms with Crippen molar-refractivity contribution in [2.45, 2.75) is 6.92 Å². The molecule has 0 fully saturated rings. The Morgan fingerprint density at radius 3 is 2.36 bits per heavy atom. The molecule has 0 spiro atoms. The van der Waals surface area contributed by atoms with Gasteiger partial charge in [-0.1, -0.05) is 0 Å². The molecule has 0 aliphatic carbocycles. The van der Waals surface area contributed by atoms with Crippen LogP contribution in [0.4, 0.5) is 0 Å². The average molecular weight is 193 g/mol. The quantitative estimate of drug-likeness (QED) is 0.546. The van der Waals surface area contributed by atoms with Gasteiger partial charge in [0.25, 0.3) is 5.70 Å². The van der Waals surface area contributed by atoms with Gasteiger partial charge in [-0.05, 0) is 37.3 Å². The zero-order chi connectivity index (χ0) is 10.6. The Kier molecular flexibility index (Phi) is 3.23. The van der Waals surface area contributed by atoms with Gasteiger partial charge in [-0.25, -0.2) is 0 Å². The number of rotatable bonds is 3. The zero-order valence-corrected chi connectivity index (χ0v) is 8.06. The van der Waals surface area contributed by atoms with E-state index in [1.807, 2.05) is 0 Å². The second-order valence-corrected chi connectivity index (χ2v) is 2.66. The van der Waals surface area contributed by atoms with Crippen LogP contribution >= 0.6 is 0 Å². The number of ether oxygens (including phenoxy) is 1. The first kappa shape index (κ1) is 10.2. The molecule has 0 saturated carbocycles. The van der Waals surface area contributed by atoms with Crippen LogP contribution in [0.3, 0.4) is 0 Å². The largest absolute Gasteiger partial charge is 0.497 e. The normalized spacial score (nSPS) is 11.1. The predicted molar refractivity (Wildman–Crippen MR) is 53.6 cm³/mol. The molecule has 74 valence electrons.